The van der Waals surface area contributed by atoms with Crippen molar-refractivity contribution >= 4 is 5.97 Å². The van der Waals surface area contributed by atoms with E-state index in [1.807, 2.05) is 0 Å². The lowest BCUT2D eigenvalue weighted by molar-refractivity contribution is -0.160. The van der Waals surface area contributed by atoms with Crippen LogP contribution in [0.4, 0.5) is 0 Å². The second-order valence-electron chi connectivity index (χ2n) is 7.60. The van der Waals surface area contributed by atoms with Crippen molar-refractivity contribution in [2.45, 2.75) is 78.6 Å². The highest BCUT2D eigenvalue weighted by molar-refractivity contribution is 5.75. The molecule has 20 heavy (non-hydrogen) atoms. The van der Waals surface area contributed by atoms with E-state index in [0.717, 1.165) is 44.4 Å². The van der Waals surface area contributed by atoms with Gasteiger partial charge in [-0.15, -0.1) is 0 Å². The van der Waals surface area contributed by atoms with Crippen LogP contribution < -0.4 is 0 Å². The molecule has 0 aromatic carbocycles. The fourth-order valence-electron chi connectivity index (χ4n) is 4.99. The van der Waals surface area contributed by atoms with Crippen LogP contribution in [-0.4, -0.2) is 11.1 Å². The average molecular weight is 280 g/mol. The molecule has 2 nitrogen and oxygen atoms in total. The van der Waals surface area contributed by atoms with Gasteiger partial charge in [0.25, 0.3) is 0 Å². The van der Waals surface area contributed by atoms with E-state index in [0.29, 0.717) is 17.8 Å². The molecule has 2 fully saturated rings. The third-order valence-electron chi connectivity index (χ3n) is 6.43. The van der Waals surface area contributed by atoms with Crippen LogP contribution in [0, 0.1) is 29.1 Å². The molecule has 2 atom stereocenters. The lowest BCUT2D eigenvalue weighted by Crippen LogP contribution is -2.46. The van der Waals surface area contributed by atoms with Crippen molar-refractivity contribution < 1.29 is 9.90 Å². The summed E-state index contributed by atoms with van der Waals surface area (Å²) in [6.45, 7) is 6.82. The van der Waals surface area contributed by atoms with E-state index >= 15 is 0 Å². The van der Waals surface area contributed by atoms with Gasteiger partial charge in [-0.05, 0) is 55.8 Å². The molecule has 116 valence electrons. The van der Waals surface area contributed by atoms with Crippen LogP contribution in [0.1, 0.15) is 78.6 Å². The van der Waals surface area contributed by atoms with Gasteiger partial charge < -0.3 is 5.11 Å². The number of hydrogen-bond acceptors (Lipinski definition) is 1. The smallest absolute Gasteiger partial charge is 0.309 e. The van der Waals surface area contributed by atoms with Crippen LogP contribution in [0.5, 0.6) is 0 Å². The van der Waals surface area contributed by atoms with Crippen molar-refractivity contribution in [1.29, 1.82) is 0 Å². The van der Waals surface area contributed by atoms with Crippen molar-refractivity contribution in [3.8, 4) is 0 Å². The minimum Gasteiger partial charge on any atom is -0.481 e. The first-order valence-electron chi connectivity index (χ1n) is 8.74. The van der Waals surface area contributed by atoms with Crippen molar-refractivity contribution in [1.82, 2.24) is 0 Å². The molecular weight excluding hydrogens is 248 g/mol. The van der Waals surface area contributed by atoms with Gasteiger partial charge in [-0.2, -0.15) is 0 Å². The third-order valence-corrected chi connectivity index (χ3v) is 6.43. The first-order chi connectivity index (χ1) is 9.51. The van der Waals surface area contributed by atoms with Gasteiger partial charge in [0, 0.05) is 0 Å². The second kappa shape index (κ2) is 6.49. The monoisotopic (exact) mass is 280 g/mol. The Labute approximate surface area is 124 Å². The van der Waals surface area contributed by atoms with Crippen LogP contribution in [0.15, 0.2) is 0 Å². The number of aliphatic carboxylic acids is 1. The van der Waals surface area contributed by atoms with E-state index < -0.39 is 11.4 Å². The number of rotatable bonds is 4. The Kier molecular flexibility index (Phi) is 5.14. The Hall–Kier alpha value is -0.530. The summed E-state index contributed by atoms with van der Waals surface area (Å²) in [7, 11) is 0. The summed E-state index contributed by atoms with van der Waals surface area (Å²) in [5.41, 5.74) is -0.396. The molecule has 0 amide bonds. The van der Waals surface area contributed by atoms with Crippen LogP contribution in [0.3, 0.4) is 0 Å². The lowest BCUT2D eigenvalue weighted by atomic mass is 9.56. The zero-order chi connectivity index (χ0) is 14.8. The van der Waals surface area contributed by atoms with Crippen molar-refractivity contribution in [3.63, 3.8) is 0 Å². The van der Waals surface area contributed by atoms with Crippen LogP contribution in [0.2, 0.25) is 0 Å². The minimum absolute atomic E-state index is 0.396. The molecule has 0 aromatic rings. The molecule has 0 radical (unpaired) electrons. The van der Waals surface area contributed by atoms with E-state index in [2.05, 4.69) is 20.8 Å². The molecule has 2 aliphatic carbocycles. The van der Waals surface area contributed by atoms with Gasteiger partial charge in [-0.1, -0.05) is 46.5 Å². The summed E-state index contributed by atoms with van der Waals surface area (Å²) >= 11 is 0. The Balaban J connectivity index is 2.16. The highest BCUT2D eigenvalue weighted by Gasteiger charge is 2.50. The molecule has 0 bridgehead atoms. The largest absolute Gasteiger partial charge is 0.481 e. The standard InChI is InChI=1S/C18H32O2/c1-4-14-7-5-6-8-16(14)18(17(19)20)11-9-15(10-12-18)13(2)3/h13-16H,4-12H2,1-3H3,(H,19,20). The topological polar surface area (TPSA) is 37.3 Å². The van der Waals surface area contributed by atoms with Crippen LogP contribution in [-0.2, 0) is 4.79 Å². The molecule has 2 aliphatic rings. The van der Waals surface area contributed by atoms with Crippen LogP contribution in [0.25, 0.3) is 0 Å². The maximum absolute atomic E-state index is 12.1. The molecule has 2 rings (SSSR count). The second-order valence-corrected chi connectivity index (χ2v) is 7.60. The first kappa shape index (κ1) is 15.9. The van der Waals surface area contributed by atoms with Gasteiger partial charge in [0.05, 0.1) is 5.41 Å². The molecule has 2 unspecified atom stereocenters. The normalized spacial score (nSPS) is 38.9. The predicted octanol–water partition coefficient (Wildman–Crippen LogP) is 5.12. The highest BCUT2D eigenvalue weighted by Crippen LogP contribution is 2.53. The van der Waals surface area contributed by atoms with Crippen molar-refractivity contribution in [2.75, 3.05) is 0 Å². The quantitative estimate of drug-likeness (QED) is 0.776. The molecule has 0 aromatic heterocycles. The molecular formula is C18H32O2. The maximum Gasteiger partial charge on any atom is 0.309 e. The highest BCUT2D eigenvalue weighted by atomic mass is 16.4. The Bertz CT molecular complexity index is 326. The van der Waals surface area contributed by atoms with E-state index in [9.17, 15) is 9.90 Å². The minimum atomic E-state index is -0.495. The first-order valence-corrected chi connectivity index (χ1v) is 8.74. The van der Waals surface area contributed by atoms with Gasteiger partial charge in [0.1, 0.15) is 0 Å². The summed E-state index contributed by atoms with van der Waals surface area (Å²) in [6, 6.07) is 0. The van der Waals surface area contributed by atoms with Gasteiger partial charge in [-0.25, -0.2) is 0 Å². The summed E-state index contributed by atoms with van der Waals surface area (Å²) in [4.78, 5) is 12.1. The molecule has 1 N–H and O–H groups in total. The van der Waals surface area contributed by atoms with E-state index in [4.69, 9.17) is 0 Å². The van der Waals surface area contributed by atoms with E-state index in [1.54, 1.807) is 0 Å². The van der Waals surface area contributed by atoms with Gasteiger partial charge in [0.2, 0.25) is 0 Å². The fourth-order valence-corrected chi connectivity index (χ4v) is 4.99. The Morgan fingerprint density at radius 2 is 1.75 bits per heavy atom. The number of carboxylic acids is 1. The SMILES string of the molecule is CCC1CCCCC1C1(C(=O)O)CCC(C(C)C)CC1. The van der Waals surface area contributed by atoms with E-state index in [1.165, 1.54) is 19.3 Å². The lowest BCUT2D eigenvalue weighted by Gasteiger charge is -2.47. The molecule has 0 heterocycles. The zero-order valence-corrected chi connectivity index (χ0v) is 13.5. The molecule has 2 heteroatoms. The number of hydrogen-bond donors (Lipinski definition) is 1. The summed E-state index contributed by atoms with van der Waals surface area (Å²) in [5, 5.41) is 9.98. The van der Waals surface area contributed by atoms with Gasteiger partial charge in [-0.3, -0.25) is 4.79 Å². The predicted molar refractivity (Wildman–Crippen MR) is 82.6 cm³/mol. The zero-order valence-electron chi connectivity index (χ0n) is 13.5. The van der Waals surface area contributed by atoms with Gasteiger partial charge in [0.15, 0.2) is 0 Å². The Morgan fingerprint density at radius 1 is 1.15 bits per heavy atom. The van der Waals surface area contributed by atoms with Gasteiger partial charge >= 0.3 is 5.97 Å². The van der Waals surface area contributed by atoms with E-state index in [-0.39, 0.29) is 0 Å². The van der Waals surface area contributed by atoms with Crippen LogP contribution >= 0.6 is 0 Å². The van der Waals surface area contributed by atoms with Crippen molar-refractivity contribution in [3.05, 3.63) is 0 Å². The number of carbonyl (C=O) groups is 1. The molecule has 0 aliphatic heterocycles. The number of carboxylic acid groups (broad SMARTS) is 1. The molecule has 0 saturated heterocycles. The summed E-state index contributed by atoms with van der Waals surface area (Å²) in [6.07, 6.45) is 10.2. The average Bonchev–Trinajstić information content (AvgIpc) is 2.47. The summed E-state index contributed by atoms with van der Waals surface area (Å²) < 4.78 is 0. The Morgan fingerprint density at radius 3 is 2.25 bits per heavy atom. The summed E-state index contributed by atoms with van der Waals surface area (Å²) in [5.74, 6) is 2.04. The van der Waals surface area contributed by atoms with Crippen molar-refractivity contribution in [2.24, 2.45) is 29.1 Å². The fraction of sp³-hybridized carbons (Fsp3) is 0.944. The third kappa shape index (κ3) is 2.89. The maximum atomic E-state index is 12.1. The molecule has 2 saturated carbocycles. The molecule has 0 spiro atoms.